The zero-order valence-electron chi connectivity index (χ0n) is 15.3. The van der Waals surface area contributed by atoms with E-state index in [4.69, 9.17) is 9.84 Å². The summed E-state index contributed by atoms with van der Waals surface area (Å²) < 4.78 is 8.11. The van der Waals surface area contributed by atoms with E-state index in [1.807, 2.05) is 47.0 Å². The van der Waals surface area contributed by atoms with Crippen LogP contribution in [0.25, 0.3) is 17.0 Å². The summed E-state index contributed by atoms with van der Waals surface area (Å²) in [6.07, 6.45) is 8.27. The van der Waals surface area contributed by atoms with Crippen LogP contribution in [0.2, 0.25) is 0 Å². The Bertz CT molecular complexity index is 1150. The summed E-state index contributed by atoms with van der Waals surface area (Å²) in [5.41, 5.74) is 4.38. The molecule has 6 heteroatoms. The molecule has 3 aliphatic carbocycles. The Kier molecular flexibility index (Phi) is 3.44. The first-order valence-corrected chi connectivity index (χ1v) is 9.81. The minimum atomic E-state index is 0.487. The molecule has 1 saturated carbocycles. The summed E-state index contributed by atoms with van der Waals surface area (Å²) in [4.78, 5) is 4.17. The van der Waals surface area contributed by atoms with Gasteiger partial charge in [0.25, 0.3) is 0 Å². The van der Waals surface area contributed by atoms with E-state index in [0.717, 1.165) is 17.0 Å². The van der Waals surface area contributed by atoms with Crippen LogP contribution in [0, 0.1) is 0 Å². The highest BCUT2D eigenvalue weighted by Gasteiger charge is 2.39. The number of ether oxygens (including phenoxy) is 1. The van der Waals surface area contributed by atoms with Crippen LogP contribution in [0.4, 0.5) is 0 Å². The molecular formula is C22H19N5O. The predicted molar refractivity (Wildman–Crippen MR) is 104 cm³/mol. The van der Waals surface area contributed by atoms with Gasteiger partial charge in [-0.1, -0.05) is 30.3 Å². The highest BCUT2D eigenvalue weighted by atomic mass is 16.5. The monoisotopic (exact) mass is 369 g/mol. The number of hydrogen-bond acceptors (Lipinski definition) is 5. The molecule has 0 unspecified atom stereocenters. The lowest BCUT2D eigenvalue weighted by molar-refractivity contribution is 0.338. The quantitative estimate of drug-likeness (QED) is 0.522. The van der Waals surface area contributed by atoms with Crippen LogP contribution in [0.3, 0.4) is 0 Å². The number of pyridine rings is 1. The molecule has 6 nitrogen and oxygen atoms in total. The van der Waals surface area contributed by atoms with Crippen molar-refractivity contribution < 1.29 is 4.74 Å². The molecule has 0 aliphatic heterocycles. The summed E-state index contributed by atoms with van der Waals surface area (Å²) in [6, 6.07) is 13.9. The molecule has 3 aliphatic rings. The third-order valence-electron chi connectivity index (χ3n) is 6.02. The van der Waals surface area contributed by atoms with E-state index in [1.54, 1.807) is 12.4 Å². The minimum Gasteiger partial charge on any atom is -0.436 e. The summed E-state index contributed by atoms with van der Waals surface area (Å²) in [6.45, 7) is 0. The van der Waals surface area contributed by atoms with E-state index < -0.39 is 0 Å². The lowest BCUT2D eigenvalue weighted by Gasteiger charge is -2.38. The molecule has 138 valence electrons. The minimum absolute atomic E-state index is 0.487. The Hall–Kier alpha value is -3.28. The molecule has 0 spiro atoms. The van der Waals surface area contributed by atoms with Crippen molar-refractivity contribution in [2.24, 2.45) is 0 Å². The van der Waals surface area contributed by atoms with Gasteiger partial charge in [0.05, 0.1) is 6.20 Å². The number of hydrogen-bond donors (Lipinski definition) is 0. The Morgan fingerprint density at radius 1 is 0.857 bits per heavy atom. The molecule has 0 atom stereocenters. The van der Waals surface area contributed by atoms with Gasteiger partial charge in [-0.25, -0.2) is 0 Å². The number of rotatable bonds is 3. The first kappa shape index (κ1) is 15.7. The normalized spacial score (nSPS) is 20.3. The highest BCUT2D eigenvalue weighted by molar-refractivity contribution is 5.65. The molecule has 3 heterocycles. The van der Waals surface area contributed by atoms with Crippen LogP contribution < -0.4 is 4.74 Å². The Morgan fingerprint density at radius 3 is 2.39 bits per heavy atom. The number of benzene rings is 1. The molecule has 4 aromatic rings. The topological polar surface area (TPSA) is 65.2 Å². The van der Waals surface area contributed by atoms with Crippen molar-refractivity contribution in [2.75, 3.05) is 0 Å². The SMILES string of the molecule is c1ccc(-c2nnc3c4c(c(Oc5cccnc5)nn23)C2CCC4CC2)cc1. The van der Waals surface area contributed by atoms with Gasteiger partial charge in [0.2, 0.25) is 5.88 Å². The van der Waals surface area contributed by atoms with Crippen molar-refractivity contribution in [1.29, 1.82) is 0 Å². The Morgan fingerprint density at radius 2 is 1.64 bits per heavy atom. The van der Waals surface area contributed by atoms with E-state index in [1.165, 1.54) is 36.8 Å². The van der Waals surface area contributed by atoms with Crippen LogP contribution in [0.5, 0.6) is 11.6 Å². The lowest BCUT2D eigenvalue weighted by Crippen LogP contribution is -2.24. The number of nitrogens with zero attached hydrogens (tertiary/aromatic N) is 5. The summed E-state index contributed by atoms with van der Waals surface area (Å²) in [5.74, 6) is 3.11. The van der Waals surface area contributed by atoms with Crippen molar-refractivity contribution in [3.8, 4) is 23.0 Å². The van der Waals surface area contributed by atoms with Gasteiger partial charge in [-0.3, -0.25) is 4.98 Å². The van der Waals surface area contributed by atoms with E-state index >= 15 is 0 Å². The van der Waals surface area contributed by atoms with Crippen LogP contribution in [-0.4, -0.2) is 24.8 Å². The van der Waals surface area contributed by atoms with Gasteiger partial charge < -0.3 is 4.74 Å². The maximum atomic E-state index is 6.25. The first-order valence-electron chi connectivity index (χ1n) is 9.81. The van der Waals surface area contributed by atoms with Crippen LogP contribution in [0.1, 0.15) is 48.6 Å². The van der Waals surface area contributed by atoms with Crippen LogP contribution in [-0.2, 0) is 0 Å². The largest absolute Gasteiger partial charge is 0.436 e. The molecule has 0 radical (unpaired) electrons. The van der Waals surface area contributed by atoms with Crippen LogP contribution in [0.15, 0.2) is 54.9 Å². The molecule has 0 N–H and O–H groups in total. The third kappa shape index (κ3) is 2.34. The average molecular weight is 369 g/mol. The third-order valence-corrected chi connectivity index (χ3v) is 6.02. The van der Waals surface area contributed by atoms with Gasteiger partial charge in [-0.05, 0) is 49.7 Å². The fourth-order valence-corrected chi connectivity index (χ4v) is 4.75. The molecule has 0 amide bonds. The zero-order valence-corrected chi connectivity index (χ0v) is 15.3. The molecular weight excluding hydrogens is 350 g/mol. The van der Waals surface area contributed by atoms with E-state index in [2.05, 4.69) is 15.2 Å². The predicted octanol–water partition coefficient (Wildman–Crippen LogP) is 4.73. The van der Waals surface area contributed by atoms with Gasteiger partial charge in [-0.2, -0.15) is 4.52 Å². The zero-order chi connectivity index (χ0) is 18.5. The van der Waals surface area contributed by atoms with Crippen molar-refractivity contribution in [3.63, 3.8) is 0 Å². The second kappa shape index (κ2) is 6.12. The van der Waals surface area contributed by atoms with Crippen molar-refractivity contribution >= 4 is 5.65 Å². The van der Waals surface area contributed by atoms with Gasteiger partial charge in [-0.15, -0.1) is 15.3 Å². The number of fused-ring (bicyclic) bond motifs is 3. The van der Waals surface area contributed by atoms with Crippen molar-refractivity contribution in [2.45, 2.75) is 37.5 Å². The van der Waals surface area contributed by atoms with E-state index in [-0.39, 0.29) is 0 Å². The second-order valence-corrected chi connectivity index (χ2v) is 7.60. The van der Waals surface area contributed by atoms with Crippen molar-refractivity contribution in [1.82, 2.24) is 24.8 Å². The number of aromatic nitrogens is 5. The smallest absolute Gasteiger partial charge is 0.241 e. The van der Waals surface area contributed by atoms with Gasteiger partial charge >= 0.3 is 0 Å². The fourth-order valence-electron chi connectivity index (χ4n) is 4.75. The standard InChI is InChI=1S/C22H19N5O/c1-2-5-16(6-3-1)20-24-25-21-18-14-8-10-15(11-9-14)19(18)22(26-27(20)21)28-17-7-4-12-23-13-17/h1-7,12-15H,8-11H2. The lowest BCUT2D eigenvalue weighted by atomic mass is 9.67. The highest BCUT2D eigenvalue weighted by Crippen LogP contribution is 2.53. The Balaban J connectivity index is 1.60. The molecule has 1 fully saturated rings. The average Bonchev–Trinajstić information content (AvgIpc) is 3.20. The maximum absolute atomic E-state index is 6.25. The first-order chi connectivity index (χ1) is 13.9. The summed E-state index contributed by atoms with van der Waals surface area (Å²) in [5, 5.41) is 13.9. The molecule has 28 heavy (non-hydrogen) atoms. The molecule has 7 rings (SSSR count). The Labute approximate surface area is 162 Å². The molecule has 0 saturated heterocycles. The molecule has 2 bridgehead atoms. The van der Waals surface area contributed by atoms with Crippen LogP contribution >= 0.6 is 0 Å². The second-order valence-electron chi connectivity index (χ2n) is 7.60. The summed E-state index contributed by atoms with van der Waals surface area (Å²) in [7, 11) is 0. The van der Waals surface area contributed by atoms with Gasteiger partial charge in [0, 0.05) is 22.9 Å². The molecule has 1 aromatic carbocycles. The molecule has 3 aromatic heterocycles. The van der Waals surface area contributed by atoms with Gasteiger partial charge in [0.15, 0.2) is 11.5 Å². The maximum Gasteiger partial charge on any atom is 0.241 e. The fraction of sp³-hybridized carbons (Fsp3) is 0.273. The summed E-state index contributed by atoms with van der Waals surface area (Å²) >= 11 is 0. The van der Waals surface area contributed by atoms with E-state index in [0.29, 0.717) is 23.5 Å². The van der Waals surface area contributed by atoms with E-state index in [9.17, 15) is 0 Å². The van der Waals surface area contributed by atoms with Crippen molar-refractivity contribution in [3.05, 3.63) is 66.0 Å². The van der Waals surface area contributed by atoms with Gasteiger partial charge in [0.1, 0.15) is 5.75 Å².